The lowest BCUT2D eigenvalue weighted by Crippen LogP contribution is -2.36. The molecule has 1 rings (SSSR count). The lowest BCUT2D eigenvalue weighted by molar-refractivity contribution is -0.123. The van der Waals surface area contributed by atoms with Crippen molar-refractivity contribution in [1.82, 2.24) is 10.6 Å². The highest BCUT2D eigenvalue weighted by Crippen LogP contribution is 1.98. The van der Waals surface area contributed by atoms with Crippen molar-refractivity contribution in [3.63, 3.8) is 0 Å². The van der Waals surface area contributed by atoms with Crippen LogP contribution in [0.3, 0.4) is 0 Å². The van der Waals surface area contributed by atoms with Crippen LogP contribution < -0.4 is 10.6 Å². The van der Waals surface area contributed by atoms with Gasteiger partial charge < -0.3 is 15.4 Å². The second-order valence-electron chi connectivity index (χ2n) is 3.47. The predicted molar refractivity (Wildman–Crippen MR) is 50.9 cm³/mol. The molecule has 1 amide bonds. The Balaban J connectivity index is 1.98. The summed E-state index contributed by atoms with van der Waals surface area (Å²) in [6.45, 7) is 1.14. The van der Waals surface area contributed by atoms with Crippen LogP contribution >= 0.6 is 0 Å². The number of ether oxygens (including phenoxy) is 1. The first-order valence-corrected chi connectivity index (χ1v) is 5.04. The molecule has 4 nitrogen and oxygen atoms in total. The van der Waals surface area contributed by atoms with Gasteiger partial charge >= 0.3 is 0 Å². The van der Waals surface area contributed by atoms with E-state index in [1.54, 1.807) is 0 Å². The molecule has 1 unspecified atom stereocenters. The number of carbonyl (C=O) groups is 1. The van der Waals surface area contributed by atoms with Gasteiger partial charge in [-0.05, 0) is 13.0 Å². The van der Waals surface area contributed by atoms with Gasteiger partial charge in [0.25, 0.3) is 6.43 Å². The molecule has 2 N–H and O–H groups in total. The van der Waals surface area contributed by atoms with Crippen molar-refractivity contribution < 1.29 is 18.3 Å². The largest absolute Gasteiger partial charge is 0.375 e. The van der Waals surface area contributed by atoms with E-state index in [2.05, 4.69) is 15.4 Å². The van der Waals surface area contributed by atoms with E-state index < -0.39 is 13.0 Å². The third-order valence-corrected chi connectivity index (χ3v) is 2.14. The van der Waals surface area contributed by atoms with E-state index >= 15 is 0 Å². The summed E-state index contributed by atoms with van der Waals surface area (Å²) in [6, 6.07) is 0.174. The highest BCUT2D eigenvalue weighted by atomic mass is 19.3. The fourth-order valence-corrected chi connectivity index (χ4v) is 1.41. The third-order valence-electron chi connectivity index (χ3n) is 2.14. The molecule has 0 spiro atoms. The SMILES string of the molecule is O=C(CCOCC(F)F)NC1CCNC1. The van der Waals surface area contributed by atoms with E-state index in [-0.39, 0.29) is 25.0 Å². The zero-order chi connectivity index (χ0) is 11.1. The van der Waals surface area contributed by atoms with Gasteiger partial charge in [0.15, 0.2) is 0 Å². The van der Waals surface area contributed by atoms with E-state index in [0.717, 1.165) is 19.5 Å². The van der Waals surface area contributed by atoms with Crippen molar-refractivity contribution in [2.45, 2.75) is 25.3 Å². The number of rotatable bonds is 6. The molecule has 1 heterocycles. The van der Waals surface area contributed by atoms with Crippen LogP contribution in [0.15, 0.2) is 0 Å². The maximum absolute atomic E-state index is 11.7. The molecule has 0 bridgehead atoms. The Morgan fingerprint density at radius 1 is 1.60 bits per heavy atom. The van der Waals surface area contributed by atoms with E-state index in [1.165, 1.54) is 0 Å². The van der Waals surface area contributed by atoms with Crippen LogP contribution in [-0.4, -0.2) is 44.7 Å². The molecule has 1 saturated heterocycles. The molecule has 0 aromatic carbocycles. The van der Waals surface area contributed by atoms with Gasteiger partial charge in [0.05, 0.1) is 6.61 Å². The maximum Gasteiger partial charge on any atom is 0.261 e. The van der Waals surface area contributed by atoms with Gasteiger partial charge in [-0.15, -0.1) is 0 Å². The fourth-order valence-electron chi connectivity index (χ4n) is 1.41. The van der Waals surface area contributed by atoms with Crippen LogP contribution in [0.1, 0.15) is 12.8 Å². The molecule has 1 fully saturated rings. The first-order valence-electron chi connectivity index (χ1n) is 5.04. The first kappa shape index (κ1) is 12.3. The summed E-state index contributed by atoms with van der Waals surface area (Å²) in [7, 11) is 0. The summed E-state index contributed by atoms with van der Waals surface area (Å²) >= 11 is 0. The molecule has 88 valence electrons. The molecule has 0 saturated carbocycles. The van der Waals surface area contributed by atoms with E-state index in [0.29, 0.717) is 0 Å². The normalized spacial score (nSPS) is 20.9. The Hall–Kier alpha value is -0.750. The highest BCUT2D eigenvalue weighted by Gasteiger charge is 2.16. The molecular formula is C9H16F2N2O2. The van der Waals surface area contributed by atoms with Crippen molar-refractivity contribution in [2.24, 2.45) is 0 Å². The minimum absolute atomic E-state index is 0.0519. The molecule has 15 heavy (non-hydrogen) atoms. The average Bonchev–Trinajstić information content (AvgIpc) is 2.64. The van der Waals surface area contributed by atoms with Gasteiger partial charge in [-0.3, -0.25) is 4.79 Å². The van der Waals surface area contributed by atoms with Crippen LogP contribution in [0.25, 0.3) is 0 Å². The third kappa shape index (κ3) is 5.64. The molecular weight excluding hydrogens is 206 g/mol. The zero-order valence-corrected chi connectivity index (χ0v) is 8.47. The lowest BCUT2D eigenvalue weighted by atomic mass is 10.2. The van der Waals surface area contributed by atoms with E-state index in [9.17, 15) is 13.6 Å². The summed E-state index contributed by atoms with van der Waals surface area (Å²) in [6.07, 6.45) is -1.40. The van der Waals surface area contributed by atoms with Crippen LogP contribution in [0.4, 0.5) is 8.78 Å². The molecule has 1 atom stereocenters. The first-order chi connectivity index (χ1) is 7.18. The van der Waals surface area contributed by atoms with Crippen molar-refractivity contribution in [1.29, 1.82) is 0 Å². The number of nitrogens with one attached hydrogen (secondary N) is 2. The van der Waals surface area contributed by atoms with E-state index in [1.807, 2.05) is 0 Å². The van der Waals surface area contributed by atoms with Crippen molar-refractivity contribution in [3.8, 4) is 0 Å². The zero-order valence-electron chi connectivity index (χ0n) is 8.47. The summed E-state index contributed by atoms with van der Waals surface area (Å²) in [5, 5.41) is 5.91. The van der Waals surface area contributed by atoms with Crippen LogP contribution in [-0.2, 0) is 9.53 Å². The van der Waals surface area contributed by atoms with Crippen LogP contribution in [0.2, 0.25) is 0 Å². The van der Waals surface area contributed by atoms with E-state index in [4.69, 9.17) is 0 Å². The Kier molecular flexibility index (Phi) is 5.49. The van der Waals surface area contributed by atoms with Crippen molar-refractivity contribution in [3.05, 3.63) is 0 Å². The molecule has 0 aliphatic carbocycles. The Labute approximate surface area is 87.4 Å². The predicted octanol–water partition coefficient (Wildman–Crippen LogP) is 0.136. The Morgan fingerprint density at radius 3 is 3.00 bits per heavy atom. The number of alkyl halides is 2. The second kappa shape index (κ2) is 6.68. The number of hydrogen-bond acceptors (Lipinski definition) is 3. The van der Waals surface area contributed by atoms with Gasteiger partial charge in [-0.2, -0.15) is 0 Å². The summed E-state index contributed by atoms with van der Waals surface area (Å²) < 4.78 is 27.9. The topological polar surface area (TPSA) is 50.4 Å². The number of halogens is 2. The minimum atomic E-state index is -2.47. The second-order valence-corrected chi connectivity index (χ2v) is 3.47. The molecule has 1 aliphatic rings. The monoisotopic (exact) mass is 222 g/mol. The Morgan fingerprint density at radius 2 is 2.40 bits per heavy atom. The molecule has 6 heteroatoms. The fraction of sp³-hybridized carbons (Fsp3) is 0.889. The van der Waals surface area contributed by atoms with Gasteiger partial charge in [0, 0.05) is 19.0 Å². The van der Waals surface area contributed by atoms with Crippen LogP contribution in [0, 0.1) is 0 Å². The van der Waals surface area contributed by atoms with Gasteiger partial charge in [-0.25, -0.2) is 8.78 Å². The maximum atomic E-state index is 11.7. The molecule has 0 aromatic rings. The quantitative estimate of drug-likeness (QED) is 0.628. The molecule has 1 aliphatic heterocycles. The average molecular weight is 222 g/mol. The highest BCUT2D eigenvalue weighted by molar-refractivity contribution is 5.76. The van der Waals surface area contributed by atoms with Crippen molar-refractivity contribution in [2.75, 3.05) is 26.3 Å². The summed E-state index contributed by atoms with van der Waals surface area (Å²) in [5.41, 5.74) is 0. The van der Waals surface area contributed by atoms with Crippen molar-refractivity contribution >= 4 is 5.91 Å². The minimum Gasteiger partial charge on any atom is -0.375 e. The standard InChI is InChI=1S/C9H16F2N2O2/c10-8(11)6-15-4-2-9(14)13-7-1-3-12-5-7/h7-8,12H,1-6H2,(H,13,14). The molecule has 0 aromatic heterocycles. The van der Waals surface area contributed by atoms with Gasteiger partial charge in [0.2, 0.25) is 5.91 Å². The summed E-state index contributed by atoms with van der Waals surface area (Å²) in [5.74, 6) is -0.141. The summed E-state index contributed by atoms with van der Waals surface area (Å²) in [4.78, 5) is 11.2. The van der Waals surface area contributed by atoms with Gasteiger partial charge in [0.1, 0.15) is 6.61 Å². The van der Waals surface area contributed by atoms with Gasteiger partial charge in [-0.1, -0.05) is 0 Å². The number of carbonyl (C=O) groups excluding carboxylic acids is 1. The number of hydrogen-bond donors (Lipinski definition) is 2. The Bertz CT molecular complexity index is 197. The lowest BCUT2D eigenvalue weighted by Gasteiger charge is -2.11. The molecule has 0 radical (unpaired) electrons. The smallest absolute Gasteiger partial charge is 0.261 e. The van der Waals surface area contributed by atoms with Crippen LogP contribution in [0.5, 0.6) is 0 Å². The number of amides is 1.